The molecular weight excluding hydrogens is 389 g/mol. The number of anilines is 1. The minimum atomic E-state index is -0.155. The zero-order valence-corrected chi connectivity index (χ0v) is 16.1. The van der Waals surface area contributed by atoms with Crippen LogP contribution in [0.3, 0.4) is 0 Å². The van der Waals surface area contributed by atoms with Crippen LogP contribution >= 0.6 is 23.2 Å². The maximum Gasteiger partial charge on any atom is 0.323 e. The zero-order chi connectivity index (χ0) is 18.8. The van der Waals surface area contributed by atoms with Crippen LogP contribution in [-0.2, 0) is 0 Å². The lowest BCUT2D eigenvalue weighted by Gasteiger charge is -2.41. The lowest BCUT2D eigenvalue weighted by atomic mass is 9.98. The van der Waals surface area contributed by atoms with Crippen molar-refractivity contribution < 1.29 is 9.53 Å². The average Bonchev–Trinajstić information content (AvgIpc) is 2.71. The second-order valence-corrected chi connectivity index (χ2v) is 7.28. The number of carbonyl (C=O) groups excluding carboxylic acids is 1. The molecule has 7 nitrogen and oxygen atoms in total. The number of nitrogens with one attached hydrogen (secondary N) is 1. The van der Waals surface area contributed by atoms with Crippen molar-refractivity contribution in [3.63, 3.8) is 0 Å². The van der Waals surface area contributed by atoms with E-state index >= 15 is 0 Å². The third kappa shape index (κ3) is 3.81. The Morgan fingerprint density at radius 1 is 1.19 bits per heavy atom. The number of urea groups is 1. The van der Waals surface area contributed by atoms with E-state index in [1.807, 2.05) is 12.1 Å². The molecule has 1 N–H and O–H groups in total. The van der Waals surface area contributed by atoms with E-state index in [0.29, 0.717) is 41.3 Å². The molecule has 0 spiro atoms. The number of ether oxygens (including phenoxy) is 1. The Hall–Kier alpha value is -2.09. The fourth-order valence-corrected chi connectivity index (χ4v) is 3.93. The van der Waals surface area contributed by atoms with Gasteiger partial charge in [-0.05, 0) is 18.2 Å². The first-order chi connectivity index (χ1) is 13.1. The standard InChI is InChI=1S/C18H19Cl2N5O2/c19-13-4-3-12-14(5-11-27-17(12)16(13)20)24-7-9-25(10-8-24)18(26)22-15-2-1-6-21-23-15/h1-4,6,14H,5,7-11H2,(H,22,23,26). The quantitative estimate of drug-likeness (QED) is 0.824. The molecule has 0 saturated carbocycles. The van der Waals surface area contributed by atoms with E-state index < -0.39 is 0 Å². The van der Waals surface area contributed by atoms with Gasteiger partial charge in [0.15, 0.2) is 5.82 Å². The molecule has 9 heteroatoms. The van der Waals surface area contributed by atoms with Crippen molar-refractivity contribution in [3.05, 3.63) is 46.1 Å². The predicted octanol–water partition coefficient (Wildman–Crippen LogP) is 3.46. The smallest absolute Gasteiger partial charge is 0.323 e. The van der Waals surface area contributed by atoms with Gasteiger partial charge in [0.1, 0.15) is 10.8 Å². The van der Waals surface area contributed by atoms with Crippen molar-refractivity contribution in [2.24, 2.45) is 0 Å². The van der Waals surface area contributed by atoms with Crippen molar-refractivity contribution in [3.8, 4) is 5.75 Å². The van der Waals surface area contributed by atoms with Crippen LogP contribution in [0.15, 0.2) is 30.5 Å². The number of aromatic nitrogens is 2. The lowest BCUT2D eigenvalue weighted by Crippen LogP contribution is -2.51. The van der Waals surface area contributed by atoms with E-state index in [4.69, 9.17) is 27.9 Å². The number of rotatable bonds is 2. The minimum absolute atomic E-state index is 0.155. The number of nitrogens with zero attached hydrogens (tertiary/aromatic N) is 4. The van der Waals surface area contributed by atoms with Crippen molar-refractivity contribution in [1.82, 2.24) is 20.0 Å². The number of benzene rings is 1. The molecular formula is C18H19Cl2N5O2. The summed E-state index contributed by atoms with van der Waals surface area (Å²) in [7, 11) is 0. The Morgan fingerprint density at radius 3 is 2.74 bits per heavy atom. The van der Waals surface area contributed by atoms with E-state index in [0.717, 1.165) is 25.1 Å². The van der Waals surface area contributed by atoms with E-state index in [1.165, 1.54) is 0 Å². The largest absolute Gasteiger partial charge is 0.492 e. The topological polar surface area (TPSA) is 70.6 Å². The Balaban J connectivity index is 1.40. The van der Waals surface area contributed by atoms with Crippen LogP contribution < -0.4 is 10.1 Å². The maximum atomic E-state index is 12.4. The molecule has 1 aromatic heterocycles. The highest BCUT2D eigenvalue weighted by molar-refractivity contribution is 6.43. The molecule has 27 heavy (non-hydrogen) atoms. The number of carbonyl (C=O) groups is 1. The molecule has 2 amide bonds. The first-order valence-electron chi connectivity index (χ1n) is 8.82. The molecule has 1 unspecified atom stereocenters. The number of hydrogen-bond donors (Lipinski definition) is 1. The zero-order valence-electron chi connectivity index (χ0n) is 14.6. The SMILES string of the molecule is O=C(Nc1cccnn1)N1CCN(C2CCOc3c2ccc(Cl)c3Cl)CC1. The average molecular weight is 408 g/mol. The molecule has 2 aromatic rings. The Bertz CT molecular complexity index is 828. The van der Waals surface area contributed by atoms with Gasteiger partial charge in [0.2, 0.25) is 0 Å². The molecule has 1 aromatic carbocycles. The summed E-state index contributed by atoms with van der Waals surface area (Å²) in [5.41, 5.74) is 1.06. The fraction of sp³-hybridized carbons (Fsp3) is 0.389. The summed E-state index contributed by atoms with van der Waals surface area (Å²) in [6.07, 6.45) is 2.45. The third-order valence-corrected chi connectivity index (χ3v) is 5.71. The van der Waals surface area contributed by atoms with Crippen molar-refractivity contribution >= 4 is 35.1 Å². The van der Waals surface area contributed by atoms with Crippen LogP contribution in [0, 0.1) is 0 Å². The van der Waals surface area contributed by atoms with Gasteiger partial charge < -0.3 is 9.64 Å². The molecule has 0 bridgehead atoms. The first kappa shape index (κ1) is 18.3. The number of halogens is 2. The maximum absolute atomic E-state index is 12.4. The van der Waals surface area contributed by atoms with Crippen LogP contribution in [0.25, 0.3) is 0 Å². The normalized spacial score (nSPS) is 19.9. The van der Waals surface area contributed by atoms with Gasteiger partial charge in [0.05, 0.1) is 11.6 Å². The summed E-state index contributed by atoms with van der Waals surface area (Å²) in [4.78, 5) is 16.6. The summed E-state index contributed by atoms with van der Waals surface area (Å²) in [5, 5.41) is 11.4. The molecule has 1 fully saturated rings. The van der Waals surface area contributed by atoms with Crippen LogP contribution in [0.2, 0.25) is 10.0 Å². The van der Waals surface area contributed by atoms with Gasteiger partial charge in [-0.1, -0.05) is 29.3 Å². The van der Waals surface area contributed by atoms with Gasteiger partial charge in [0, 0.05) is 50.4 Å². The summed E-state index contributed by atoms with van der Waals surface area (Å²) < 4.78 is 5.75. The summed E-state index contributed by atoms with van der Waals surface area (Å²) >= 11 is 12.4. The molecule has 3 heterocycles. The van der Waals surface area contributed by atoms with Crippen molar-refractivity contribution in [2.45, 2.75) is 12.5 Å². The lowest BCUT2D eigenvalue weighted by molar-refractivity contribution is 0.0886. The Labute approximate surface area is 167 Å². The molecule has 142 valence electrons. The van der Waals surface area contributed by atoms with Gasteiger partial charge in [-0.15, -0.1) is 5.10 Å². The van der Waals surface area contributed by atoms with Crippen LogP contribution in [0.5, 0.6) is 5.75 Å². The monoisotopic (exact) mass is 407 g/mol. The summed E-state index contributed by atoms with van der Waals surface area (Å²) in [6.45, 7) is 3.43. The Kier molecular flexibility index (Phi) is 5.33. The van der Waals surface area contributed by atoms with Gasteiger partial charge in [-0.3, -0.25) is 10.2 Å². The van der Waals surface area contributed by atoms with Gasteiger partial charge in [-0.25, -0.2) is 4.79 Å². The fourth-order valence-electron chi connectivity index (χ4n) is 3.56. The van der Waals surface area contributed by atoms with Gasteiger partial charge >= 0.3 is 6.03 Å². The number of hydrogen-bond acceptors (Lipinski definition) is 5. The highest BCUT2D eigenvalue weighted by Gasteiger charge is 2.32. The van der Waals surface area contributed by atoms with Crippen molar-refractivity contribution in [1.29, 1.82) is 0 Å². The minimum Gasteiger partial charge on any atom is -0.492 e. The Morgan fingerprint density at radius 2 is 2.00 bits per heavy atom. The number of fused-ring (bicyclic) bond motifs is 1. The molecule has 0 aliphatic carbocycles. The summed E-state index contributed by atoms with van der Waals surface area (Å²) in [6, 6.07) is 7.32. The van der Waals surface area contributed by atoms with E-state index in [-0.39, 0.29) is 12.1 Å². The van der Waals surface area contributed by atoms with E-state index in [2.05, 4.69) is 20.4 Å². The van der Waals surface area contributed by atoms with Crippen LogP contribution in [0.4, 0.5) is 10.6 Å². The first-order valence-corrected chi connectivity index (χ1v) is 9.57. The van der Waals surface area contributed by atoms with E-state index in [9.17, 15) is 4.79 Å². The van der Waals surface area contributed by atoms with Crippen molar-refractivity contribution in [2.75, 3.05) is 38.1 Å². The molecule has 2 aliphatic rings. The van der Waals surface area contributed by atoms with Gasteiger partial charge in [-0.2, -0.15) is 5.10 Å². The highest BCUT2D eigenvalue weighted by Crippen LogP contribution is 2.43. The molecule has 1 saturated heterocycles. The highest BCUT2D eigenvalue weighted by atomic mass is 35.5. The molecule has 4 rings (SSSR count). The predicted molar refractivity (Wildman–Crippen MR) is 104 cm³/mol. The van der Waals surface area contributed by atoms with Crippen LogP contribution in [-0.4, -0.2) is 58.8 Å². The van der Waals surface area contributed by atoms with Gasteiger partial charge in [0.25, 0.3) is 0 Å². The molecule has 2 aliphatic heterocycles. The molecule has 0 radical (unpaired) electrons. The third-order valence-electron chi connectivity index (χ3n) is 4.93. The summed E-state index contributed by atoms with van der Waals surface area (Å²) in [5.74, 6) is 1.14. The number of amides is 2. The van der Waals surface area contributed by atoms with Crippen LogP contribution in [0.1, 0.15) is 18.0 Å². The second kappa shape index (κ2) is 7.88. The van der Waals surface area contributed by atoms with E-state index in [1.54, 1.807) is 23.2 Å². The number of piperazine rings is 1. The second-order valence-electron chi connectivity index (χ2n) is 6.49. The molecule has 1 atom stereocenters.